The summed E-state index contributed by atoms with van der Waals surface area (Å²) in [7, 11) is 1.59. The Morgan fingerprint density at radius 3 is 2.82 bits per heavy atom. The Morgan fingerprint density at radius 1 is 1.35 bits per heavy atom. The molecule has 1 heterocycles. The van der Waals surface area contributed by atoms with Crippen molar-refractivity contribution in [2.75, 3.05) is 39.8 Å². The zero-order chi connectivity index (χ0) is 12.1. The third kappa shape index (κ3) is 3.41. The predicted molar refractivity (Wildman–Crippen MR) is 66.0 cm³/mol. The first-order valence-electron chi connectivity index (χ1n) is 6.05. The van der Waals surface area contributed by atoms with Crippen molar-refractivity contribution in [1.82, 2.24) is 10.2 Å². The Labute approximate surface area is 102 Å². The number of ether oxygens (including phenoxy) is 1. The van der Waals surface area contributed by atoms with Gasteiger partial charge < -0.3 is 15.0 Å². The Bertz CT molecular complexity index is 364. The highest BCUT2D eigenvalue weighted by Gasteiger charge is 2.11. The molecule has 1 aliphatic rings. The average Bonchev–Trinajstić information content (AvgIpc) is 2.38. The van der Waals surface area contributed by atoms with Gasteiger partial charge in [-0.25, -0.2) is 4.39 Å². The third-order valence-electron chi connectivity index (χ3n) is 3.16. The van der Waals surface area contributed by atoms with E-state index in [0.29, 0.717) is 5.75 Å². The second kappa shape index (κ2) is 5.98. The lowest BCUT2D eigenvalue weighted by Gasteiger charge is -2.27. The summed E-state index contributed by atoms with van der Waals surface area (Å²) in [6.07, 6.45) is 0.906. The highest BCUT2D eigenvalue weighted by Crippen LogP contribution is 2.20. The van der Waals surface area contributed by atoms with Gasteiger partial charge in [-0.3, -0.25) is 0 Å². The molecule has 1 aromatic carbocycles. The highest BCUT2D eigenvalue weighted by molar-refractivity contribution is 5.34. The molecule has 0 aromatic heterocycles. The molecule has 0 aliphatic carbocycles. The molecule has 3 nitrogen and oxygen atoms in total. The molecule has 0 radical (unpaired) electrons. The van der Waals surface area contributed by atoms with Crippen LogP contribution in [0.2, 0.25) is 0 Å². The molecule has 0 unspecified atom stereocenters. The molecule has 0 spiro atoms. The summed E-state index contributed by atoms with van der Waals surface area (Å²) in [6.45, 7) is 5.29. The fourth-order valence-corrected chi connectivity index (χ4v) is 2.14. The van der Waals surface area contributed by atoms with Gasteiger partial charge in [-0.15, -0.1) is 0 Å². The van der Waals surface area contributed by atoms with Crippen molar-refractivity contribution >= 4 is 0 Å². The summed E-state index contributed by atoms with van der Waals surface area (Å²) in [5, 5.41) is 3.33. The summed E-state index contributed by atoms with van der Waals surface area (Å²) in [5.41, 5.74) is 1.08. The minimum Gasteiger partial charge on any atom is -0.496 e. The molecule has 0 atom stereocenters. The van der Waals surface area contributed by atoms with Gasteiger partial charge >= 0.3 is 0 Å². The second-order valence-electron chi connectivity index (χ2n) is 4.30. The first-order valence-corrected chi connectivity index (χ1v) is 6.05. The Kier molecular flexibility index (Phi) is 4.34. The maximum absolute atomic E-state index is 13.0. The van der Waals surface area contributed by atoms with E-state index in [0.717, 1.165) is 44.7 Å². The predicted octanol–water partition coefficient (Wildman–Crippen LogP) is 1.28. The zero-order valence-corrected chi connectivity index (χ0v) is 10.2. The SMILES string of the molecule is COc1cc(F)ccc1CCN1CCNCC1. The first-order chi connectivity index (χ1) is 8.29. The lowest BCUT2D eigenvalue weighted by Crippen LogP contribution is -2.44. The van der Waals surface area contributed by atoms with Crippen LogP contribution in [0.25, 0.3) is 0 Å². The van der Waals surface area contributed by atoms with E-state index in [1.165, 1.54) is 12.1 Å². The highest BCUT2D eigenvalue weighted by atomic mass is 19.1. The Hall–Kier alpha value is -1.13. The molecule has 2 rings (SSSR count). The van der Waals surface area contributed by atoms with E-state index in [-0.39, 0.29) is 5.82 Å². The summed E-state index contributed by atoms with van der Waals surface area (Å²) in [4.78, 5) is 2.42. The summed E-state index contributed by atoms with van der Waals surface area (Å²) < 4.78 is 18.2. The number of hydrogen-bond donors (Lipinski definition) is 1. The van der Waals surface area contributed by atoms with Crippen molar-refractivity contribution in [3.63, 3.8) is 0 Å². The molecule has 94 valence electrons. The molecule has 0 saturated carbocycles. The van der Waals surface area contributed by atoms with Gasteiger partial charge in [-0.05, 0) is 18.1 Å². The van der Waals surface area contributed by atoms with Gasteiger partial charge in [0, 0.05) is 38.8 Å². The van der Waals surface area contributed by atoms with E-state index in [4.69, 9.17) is 4.74 Å². The number of halogens is 1. The summed E-state index contributed by atoms with van der Waals surface area (Å²) in [6, 6.07) is 4.76. The number of benzene rings is 1. The lowest BCUT2D eigenvalue weighted by molar-refractivity contribution is 0.243. The van der Waals surface area contributed by atoms with Crippen LogP contribution in [-0.4, -0.2) is 44.7 Å². The Morgan fingerprint density at radius 2 is 2.12 bits per heavy atom. The molecule has 0 bridgehead atoms. The molecule has 1 saturated heterocycles. The van der Waals surface area contributed by atoms with Gasteiger partial charge in [0.25, 0.3) is 0 Å². The maximum Gasteiger partial charge on any atom is 0.126 e. The number of nitrogens with one attached hydrogen (secondary N) is 1. The smallest absolute Gasteiger partial charge is 0.126 e. The standard InChI is InChI=1S/C13H19FN2O/c1-17-13-10-12(14)3-2-11(13)4-7-16-8-5-15-6-9-16/h2-3,10,15H,4-9H2,1H3. The number of nitrogens with zero attached hydrogens (tertiary/aromatic N) is 1. The first kappa shape index (κ1) is 12.3. The molecule has 1 aromatic rings. The van der Waals surface area contributed by atoms with Crippen molar-refractivity contribution in [2.24, 2.45) is 0 Å². The van der Waals surface area contributed by atoms with Crippen LogP contribution in [0.3, 0.4) is 0 Å². The van der Waals surface area contributed by atoms with E-state index in [1.54, 1.807) is 7.11 Å². The lowest BCUT2D eigenvalue weighted by atomic mass is 10.1. The largest absolute Gasteiger partial charge is 0.496 e. The van der Waals surface area contributed by atoms with Gasteiger partial charge in [0.15, 0.2) is 0 Å². The topological polar surface area (TPSA) is 24.5 Å². The van der Waals surface area contributed by atoms with Crippen LogP contribution in [-0.2, 0) is 6.42 Å². The van der Waals surface area contributed by atoms with Crippen molar-refractivity contribution in [1.29, 1.82) is 0 Å². The maximum atomic E-state index is 13.0. The van der Waals surface area contributed by atoms with Crippen LogP contribution in [0.1, 0.15) is 5.56 Å². The molecule has 1 fully saturated rings. The van der Waals surface area contributed by atoms with Crippen LogP contribution < -0.4 is 10.1 Å². The van der Waals surface area contributed by atoms with Gasteiger partial charge in [0.1, 0.15) is 11.6 Å². The molecule has 1 aliphatic heterocycles. The molecule has 4 heteroatoms. The van der Waals surface area contributed by atoms with Crippen molar-refractivity contribution in [3.8, 4) is 5.75 Å². The van der Waals surface area contributed by atoms with Crippen molar-refractivity contribution in [2.45, 2.75) is 6.42 Å². The van der Waals surface area contributed by atoms with Crippen LogP contribution in [0.5, 0.6) is 5.75 Å². The van der Waals surface area contributed by atoms with Crippen molar-refractivity contribution in [3.05, 3.63) is 29.6 Å². The fraction of sp³-hybridized carbons (Fsp3) is 0.538. The van der Waals surface area contributed by atoms with E-state index in [2.05, 4.69) is 10.2 Å². The normalized spacial score (nSPS) is 17.1. The third-order valence-corrected chi connectivity index (χ3v) is 3.16. The molecular weight excluding hydrogens is 219 g/mol. The summed E-state index contributed by atoms with van der Waals surface area (Å²) in [5.74, 6) is 0.410. The van der Waals surface area contributed by atoms with Gasteiger partial charge in [-0.2, -0.15) is 0 Å². The van der Waals surface area contributed by atoms with Crippen molar-refractivity contribution < 1.29 is 9.13 Å². The van der Waals surface area contributed by atoms with E-state index in [1.807, 2.05) is 6.07 Å². The number of methoxy groups -OCH3 is 1. The monoisotopic (exact) mass is 238 g/mol. The summed E-state index contributed by atoms with van der Waals surface area (Å²) >= 11 is 0. The van der Waals surface area contributed by atoms with Gasteiger partial charge in [0.05, 0.1) is 7.11 Å². The van der Waals surface area contributed by atoms with Gasteiger partial charge in [0.2, 0.25) is 0 Å². The van der Waals surface area contributed by atoms with Crippen LogP contribution in [0.4, 0.5) is 4.39 Å². The Balaban J connectivity index is 1.93. The fourth-order valence-electron chi connectivity index (χ4n) is 2.14. The molecule has 0 amide bonds. The van der Waals surface area contributed by atoms with Crippen LogP contribution in [0.15, 0.2) is 18.2 Å². The van der Waals surface area contributed by atoms with Gasteiger partial charge in [-0.1, -0.05) is 6.07 Å². The molecule has 1 N–H and O–H groups in total. The van der Waals surface area contributed by atoms with Crippen LogP contribution in [0, 0.1) is 5.82 Å². The van der Waals surface area contributed by atoms with E-state index >= 15 is 0 Å². The molecule has 17 heavy (non-hydrogen) atoms. The number of rotatable bonds is 4. The second-order valence-corrected chi connectivity index (χ2v) is 4.30. The quantitative estimate of drug-likeness (QED) is 0.855. The number of hydrogen-bond acceptors (Lipinski definition) is 3. The minimum atomic E-state index is -0.243. The zero-order valence-electron chi connectivity index (χ0n) is 10.2. The van der Waals surface area contributed by atoms with E-state index in [9.17, 15) is 4.39 Å². The number of piperazine rings is 1. The average molecular weight is 238 g/mol. The van der Waals surface area contributed by atoms with E-state index < -0.39 is 0 Å². The molecular formula is C13H19FN2O. The minimum absolute atomic E-state index is 0.243. The van der Waals surface area contributed by atoms with Crippen LogP contribution >= 0.6 is 0 Å².